The SMILES string of the molecule is Cc1ccc(S(=O)(=O)NCCNC(=O)Cc2csc(-c3cccnc3)n2)cc1. The molecule has 1 aromatic carbocycles. The fourth-order valence-electron chi connectivity index (χ4n) is 2.43. The molecule has 2 aromatic heterocycles. The van der Waals surface area contributed by atoms with Gasteiger partial charge in [-0.1, -0.05) is 17.7 Å². The lowest BCUT2D eigenvalue weighted by atomic mass is 10.2. The number of hydrogen-bond acceptors (Lipinski definition) is 6. The number of benzene rings is 1. The summed E-state index contributed by atoms with van der Waals surface area (Å²) in [5.41, 5.74) is 2.56. The number of nitrogens with zero attached hydrogens (tertiary/aromatic N) is 2. The van der Waals surface area contributed by atoms with Gasteiger partial charge in [-0.2, -0.15) is 0 Å². The van der Waals surface area contributed by atoms with Crippen LogP contribution in [0.4, 0.5) is 0 Å². The Bertz CT molecular complexity index is 1030. The number of amides is 1. The van der Waals surface area contributed by atoms with E-state index in [1.54, 1.807) is 36.7 Å². The van der Waals surface area contributed by atoms with Crippen LogP contribution in [-0.4, -0.2) is 37.4 Å². The molecular formula is C19H20N4O3S2. The number of pyridine rings is 1. The number of hydrogen-bond donors (Lipinski definition) is 2. The molecule has 0 aliphatic carbocycles. The van der Waals surface area contributed by atoms with Crippen molar-refractivity contribution in [2.45, 2.75) is 18.2 Å². The normalized spacial score (nSPS) is 11.3. The maximum Gasteiger partial charge on any atom is 0.240 e. The largest absolute Gasteiger partial charge is 0.354 e. The van der Waals surface area contributed by atoms with Gasteiger partial charge in [0.2, 0.25) is 15.9 Å². The lowest BCUT2D eigenvalue weighted by molar-refractivity contribution is -0.120. The Balaban J connectivity index is 1.45. The van der Waals surface area contributed by atoms with Gasteiger partial charge < -0.3 is 5.32 Å². The number of thiazole rings is 1. The van der Waals surface area contributed by atoms with Gasteiger partial charge in [0.25, 0.3) is 0 Å². The van der Waals surface area contributed by atoms with Gasteiger partial charge in [0, 0.05) is 36.4 Å². The van der Waals surface area contributed by atoms with Crippen molar-refractivity contribution in [2.24, 2.45) is 0 Å². The minimum absolute atomic E-state index is 0.111. The van der Waals surface area contributed by atoms with Gasteiger partial charge in [-0.3, -0.25) is 9.78 Å². The minimum atomic E-state index is -3.58. The summed E-state index contributed by atoms with van der Waals surface area (Å²) in [6.45, 7) is 2.20. The predicted molar refractivity (Wildman–Crippen MR) is 108 cm³/mol. The molecule has 0 fully saturated rings. The molecule has 9 heteroatoms. The fraction of sp³-hybridized carbons (Fsp3) is 0.211. The van der Waals surface area contributed by atoms with Crippen LogP contribution in [0.3, 0.4) is 0 Å². The molecular weight excluding hydrogens is 396 g/mol. The smallest absolute Gasteiger partial charge is 0.240 e. The minimum Gasteiger partial charge on any atom is -0.354 e. The van der Waals surface area contributed by atoms with Gasteiger partial charge in [0.1, 0.15) is 5.01 Å². The molecule has 0 aliphatic heterocycles. The Labute approximate surface area is 167 Å². The molecule has 28 heavy (non-hydrogen) atoms. The third-order valence-electron chi connectivity index (χ3n) is 3.87. The van der Waals surface area contributed by atoms with E-state index in [-0.39, 0.29) is 30.3 Å². The second kappa shape index (κ2) is 9.05. The fourth-order valence-corrected chi connectivity index (χ4v) is 4.27. The van der Waals surface area contributed by atoms with E-state index in [0.717, 1.165) is 16.1 Å². The van der Waals surface area contributed by atoms with Gasteiger partial charge >= 0.3 is 0 Å². The maximum atomic E-state index is 12.2. The van der Waals surface area contributed by atoms with Crippen LogP contribution in [0.2, 0.25) is 0 Å². The van der Waals surface area contributed by atoms with Crippen molar-refractivity contribution in [1.29, 1.82) is 0 Å². The summed E-state index contributed by atoms with van der Waals surface area (Å²) in [7, 11) is -3.58. The first-order chi connectivity index (χ1) is 13.4. The summed E-state index contributed by atoms with van der Waals surface area (Å²) in [6, 6.07) is 10.3. The van der Waals surface area contributed by atoms with Crippen LogP contribution in [0.5, 0.6) is 0 Å². The summed E-state index contributed by atoms with van der Waals surface area (Å²) in [5.74, 6) is -0.211. The summed E-state index contributed by atoms with van der Waals surface area (Å²) in [6.07, 6.45) is 3.56. The van der Waals surface area contributed by atoms with Gasteiger partial charge in [-0.05, 0) is 31.2 Å². The molecule has 0 unspecified atom stereocenters. The zero-order valence-corrected chi connectivity index (χ0v) is 16.9. The van der Waals surface area contributed by atoms with Crippen molar-refractivity contribution in [3.8, 4) is 10.6 Å². The Kier molecular flexibility index (Phi) is 6.50. The molecule has 146 valence electrons. The summed E-state index contributed by atoms with van der Waals surface area (Å²) >= 11 is 1.45. The topological polar surface area (TPSA) is 101 Å². The molecule has 0 aliphatic rings. The number of aromatic nitrogens is 2. The molecule has 7 nitrogen and oxygen atoms in total. The highest BCUT2D eigenvalue weighted by molar-refractivity contribution is 7.89. The number of sulfonamides is 1. The second-order valence-electron chi connectivity index (χ2n) is 6.12. The van der Waals surface area contributed by atoms with E-state index in [1.807, 2.05) is 24.4 Å². The first-order valence-electron chi connectivity index (χ1n) is 8.62. The number of nitrogens with one attached hydrogen (secondary N) is 2. The lowest BCUT2D eigenvalue weighted by Gasteiger charge is -2.08. The van der Waals surface area contributed by atoms with Gasteiger partial charge in [0.05, 0.1) is 17.0 Å². The number of aryl methyl sites for hydroxylation is 1. The zero-order chi connectivity index (χ0) is 20.0. The van der Waals surface area contributed by atoms with E-state index in [0.29, 0.717) is 5.69 Å². The van der Waals surface area contributed by atoms with Crippen LogP contribution >= 0.6 is 11.3 Å². The van der Waals surface area contributed by atoms with Crippen molar-refractivity contribution < 1.29 is 13.2 Å². The van der Waals surface area contributed by atoms with Crippen LogP contribution in [0, 0.1) is 6.92 Å². The van der Waals surface area contributed by atoms with Crippen LogP contribution in [0.25, 0.3) is 10.6 Å². The van der Waals surface area contributed by atoms with Gasteiger partial charge in [-0.25, -0.2) is 18.1 Å². The summed E-state index contributed by atoms with van der Waals surface area (Å²) in [4.78, 5) is 20.8. The van der Waals surface area contributed by atoms with Crippen molar-refractivity contribution in [3.05, 3.63) is 65.4 Å². The Morgan fingerprint density at radius 2 is 1.93 bits per heavy atom. The molecule has 1 amide bonds. The number of carbonyl (C=O) groups is 1. The highest BCUT2D eigenvalue weighted by atomic mass is 32.2. The average Bonchev–Trinajstić information content (AvgIpc) is 3.15. The van der Waals surface area contributed by atoms with E-state index < -0.39 is 10.0 Å². The number of rotatable bonds is 8. The Morgan fingerprint density at radius 1 is 1.14 bits per heavy atom. The van der Waals surface area contributed by atoms with Crippen LogP contribution < -0.4 is 10.0 Å². The monoisotopic (exact) mass is 416 g/mol. The third kappa shape index (κ3) is 5.44. The molecule has 0 spiro atoms. The Hall–Kier alpha value is -2.62. The van der Waals surface area contributed by atoms with E-state index in [9.17, 15) is 13.2 Å². The quantitative estimate of drug-likeness (QED) is 0.548. The standard InChI is InChI=1S/C19H20N4O3S2/c1-14-4-6-17(7-5-14)28(25,26)22-10-9-21-18(24)11-16-13-27-19(23-16)15-3-2-8-20-12-15/h2-8,12-13,22H,9-11H2,1H3,(H,21,24). The van der Waals surface area contributed by atoms with Crippen LogP contribution in [0.15, 0.2) is 59.1 Å². The van der Waals surface area contributed by atoms with Gasteiger partial charge in [0.15, 0.2) is 0 Å². The van der Waals surface area contributed by atoms with Crippen LogP contribution in [-0.2, 0) is 21.2 Å². The molecule has 0 radical (unpaired) electrons. The molecule has 0 bridgehead atoms. The second-order valence-corrected chi connectivity index (χ2v) is 8.75. The van der Waals surface area contributed by atoms with Crippen LogP contribution in [0.1, 0.15) is 11.3 Å². The molecule has 3 aromatic rings. The molecule has 3 rings (SSSR count). The van der Waals surface area contributed by atoms with Crippen molar-refractivity contribution in [2.75, 3.05) is 13.1 Å². The first-order valence-corrected chi connectivity index (χ1v) is 11.0. The third-order valence-corrected chi connectivity index (χ3v) is 6.29. The zero-order valence-electron chi connectivity index (χ0n) is 15.3. The van der Waals surface area contributed by atoms with Crippen molar-refractivity contribution >= 4 is 27.3 Å². The van der Waals surface area contributed by atoms with Gasteiger partial charge in [-0.15, -0.1) is 11.3 Å². The predicted octanol–water partition coefficient (Wildman–Crippen LogP) is 2.15. The van der Waals surface area contributed by atoms with E-state index >= 15 is 0 Å². The lowest BCUT2D eigenvalue weighted by Crippen LogP contribution is -2.35. The molecule has 0 saturated carbocycles. The summed E-state index contributed by atoms with van der Waals surface area (Å²) in [5, 5.41) is 5.34. The maximum absolute atomic E-state index is 12.2. The molecule has 0 atom stereocenters. The molecule has 0 saturated heterocycles. The van der Waals surface area contributed by atoms with E-state index in [2.05, 4.69) is 20.0 Å². The highest BCUT2D eigenvalue weighted by Crippen LogP contribution is 2.22. The first kappa shape index (κ1) is 20.1. The highest BCUT2D eigenvalue weighted by Gasteiger charge is 2.13. The molecule has 2 N–H and O–H groups in total. The van der Waals surface area contributed by atoms with Crippen molar-refractivity contribution in [1.82, 2.24) is 20.0 Å². The Morgan fingerprint density at radius 3 is 2.64 bits per heavy atom. The molecule has 2 heterocycles. The average molecular weight is 417 g/mol. The van der Waals surface area contributed by atoms with E-state index in [4.69, 9.17) is 0 Å². The number of carbonyl (C=O) groups excluding carboxylic acids is 1. The van der Waals surface area contributed by atoms with Crippen molar-refractivity contribution in [3.63, 3.8) is 0 Å². The van der Waals surface area contributed by atoms with E-state index in [1.165, 1.54) is 11.3 Å². The summed E-state index contributed by atoms with van der Waals surface area (Å²) < 4.78 is 26.8.